The van der Waals surface area contributed by atoms with Crippen LogP contribution in [0, 0.1) is 5.82 Å². The van der Waals surface area contributed by atoms with Crippen LogP contribution < -0.4 is 5.56 Å². The van der Waals surface area contributed by atoms with Gasteiger partial charge in [0.2, 0.25) is 0 Å². The highest BCUT2D eigenvalue weighted by Gasteiger charge is 2.07. The fourth-order valence-electron chi connectivity index (χ4n) is 2.08. The molecule has 3 nitrogen and oxygen atoms in total. The third-order valence-corrected chi connectivity index (χ3v) is 3.86. The molecule has 106 valence electrons. The summed E-state index contributed by atoms with van der Waals surface area (Å²) in [5.41, 5.74) is 0.936. The lowest BCUT2D eigenvalue weighted by atomic mass is 10.2. The Morgan fingerprint density at radius 2 is 1.90 bits per heavy atom. The topological polar surface area (TPSA) is 34.9 Å². The van der Waals surface area contributed by atoms with Gasteiger partial charge < -0.3 is 0 Å². The molecule has 1 aromatic heterocycles. The highest BCUT2D eigenvalue weighted by Crippen LogP contribution is 2.22. The third kappa shape index (κ3) is 2.77. The van der Waals surface area contributed by atoms with Crippen LogP contribution >= 0.6 is 23.2 Å². The number of hydrogen-bond acceptors (Lipinski definition) is 2. The van der Waals surface area contributed by atoms with Gasteiger partial charge in [-0.1, -0.05) is 29.3 Å². The first-order chi connectivity index (χ1) is 10.0. The SMILES string of the molecule is O=c1c2ccc(F)cc2ncn1Cc1ccc(Cl)c(Cl)c1. The van der Waals surface area contributed by atoms with E-state index in [-0.39, 0.29) is 5.56 Å². The van der Waals surface area contributed by atoms with Crippen LogP contribution in [-0.2, 0) is 6.54 Å². The van der Waals surface area contributed by atoms with Crippen molar-refractivity contribution < 1.29 is 4.39 Å². The Hall–Kier alpha value is -1.91. The quantitative estimate of drug-likeness (QED) is 0.717. The van der Waals surface area contributed by atoms with Crippen molar-refractivity contribution in [1.29, 1.82) is 0 Å². The lowest BCUT2D eigenvalue weighted by molar-refractivity contribution is 0.629. The molecule has 0 radical (unpaired) electrons. The summed E-state index contributed by atoms with van der Waals surface area (Å²) in [6.07, 6.45) is 1.40. The number of aromatic nitrogens is 2. The van der Waals surface area contributed by atoms with Crippen molar-refractivity contribution in [2.45, 2.75) is 6.54 Å². The Kier molecular flexibility index (Phi) is 3.66. The van der Waals surface area contributed by atoms with Crippen LogP contribution in [0.4, 0.5) is 4.39 Å². The minimum absolute atomic E-state index is 0.230. The molecule has 0 N–H and O–H groups in total. The average Bonchev–Trinajstić information content (AvgIpc) is 2.46. The van der Waals surface area contributed by atoms with Crippen LogP contribution in [0.15, 0.2) is 47.5 Å². The number of halogens is 3. The van der Waals surface area contributed by atoms with Crippen molar-refractivity contribution in [3.05, 3.63) is 74.5 Å². The van der Waals surface area contributed by atoms with Crippen LogP contribution in [0.25, 0.3) is 10.9 Å². The van der Waals surface area contributed by atoms with E-state index in [1.165, 1.54) is 29.1 Å². The second-order valence-corrected chi connectivity index (χ2v) is 5.40. The molecular weight excluding hydrogens is 314 g/mol. The monoisotopic (exact) mass is 322 g/mol. The van der Waals surface area contributed by atoms with Crippen molar-refractivity contribution in [1.82, 2.24) is 9.55 Å². The Morgan fingerprint density at radius 3 is 2.67 bits per heavy atom. The molecule has 0 bridgehead atoms. The molecule has 2 aromatic carbocycles. The normalized spacial score (nSPS) is 11.0. The Morgan fingerprint density at radius 1 is 1.10 bits per heavy atom. The molecule has 0 aliphatic heterocycles. The summed E-state index contributed by atoms with van der Waals surface area (Å²) in [6.45, 7) is 0.316. The van der Waals surface area contributed by atoms with Gasteiger partial charge >= 0.3 is 0 Å². The lowest BCUT2D eigenvalue weighted by Gasteiger charge is -2.07. The summed E-state index contributed by atoms with van der Waals surface area (Å²) in [4.78, 5) is 16.4. The molecule has 0 fully saturated rings. The maximum absolute atomic E-state index is 13.1. The van der Waals surface area contributed by atoms with Gasteiger partial charge in [-0.25, -0.2) is 9.37 Å². The smallest absolute Gasteiger partial charge is 0.261 e. The zero-order chi connectivity index (χ0) is 15.0. The average molecular weight is 323 g/mol. The van der Waals surface area contributed by atoms with E-state index in [9.17, 15) is 9.18 Å². The summed E-state index contributed by atoms with van der Waals surface area (Å²) < 4.78 is 14.6. The van der Waals surface area contributed by atoms with E-state index in [0.717, 1.165) is 5.56 Å². The van der Waals surface area contributed by atoms with Gasteiger partial charge in [-0.2, -0.15) is 0 Å². The van der Waals surface area contributed by atoms with Gasteiger partial charge in [0, 0.05) is 6.07 Å². The van der Waals surface area contributed by atoms with Crippen LogP contribution in [0.5, 0.6) is 0 Å². The summed E-state index contributed by atoms with van der Waals surface area (Å²) in [5.74, 6) is -0.420. The summed E-state index contributed by atoms with van der Waals surface area (Å²) in [6, 6.07) is 9.08. The number of fused-ring (bicyclic) bond motifs is 1. The maximum atomic E-state index is 13.1. The molecule has 3 aromatic rings. The minimum atomic E-state index is -0.420. The van der Waals surface area contributed by atoms with Gasteiger partial charge in [0.1, 0.15) is 5.82 Å². The zero-order valence-electron chi connectivity index (χ0n) is 10.7. The summed E-state index contributed by atoms with van der Waals surface area (Å²) in [7, 11) is 0. The molecule has 0 spiro atoms. The first kappa shape index (κ1) is 14.0. The van der Waals surface area contributed by atoms with Crippen LogP contribution in [0.2, 0.25) is 10.0 Å². The first-order valence-corrected chi connectivity index (χ1v) is 6.89. The van der Waals surface area contributed by atoms with Crippen molar-refractivity contribution in [2.75, 3.05) is 0 Å². The van der Waals surface area contributed by atoms with Gasteiger partial charge in [0.15, 0.2) is 0 Å². The van der Waals surface area contributed by atoms with Gasteiger partial charge in [0.25, 0.3) is 5.56 Å². The number of benzene rings is 2. The van der Waals surface area contributed by atoms with E-state index in [2.05, 4.69) is 4.98 Å². The molecule has 0 atom stereocenters. The molecule has 0 aliphatic rings. The van der Waals surface area contributed by atoms with E-state index >= 15 is 0 Å². The van der Waals surface area contributed by atoms with Crippen molar-refractivity contribution in [3.8, 4) is 0 Å². The first-order valence-electron chi connectivity index (χ1n) is 6.13. The Bertz CT molecular complexity index is 892. The van der Waals surface area contributed by atoms with Gasteiger partial charge in [-0.3, -0.25) is 9.36 Å². The second-order valence-electron chi connectivity index (χ2n) is 4.59. The van der Waals surface area contributed by atoms with Crippen LogP contribution in [0.1, 0.15) is 5.56 Å². The largest absolute Gasteiger partial charge is 0.294 e. The van der Waals surface area contributed by atoms with Crippen molar-refractivity contribution in [2.24, 2.45) is 0 Å². The Balaban J connectivity index is 2.05. The van der Waals surface area contributed by atoms with E-state index < -0.39 is 5.82 Å². The molecule has 1 heterocycles. The fraction of sp³-hybridized carbons (Fsp3) is 0.0667. The van der Waals surface area contributed by atoms with Crippen LogP contribution in [-0.4, -0.2) is 9.55 Å². The van der Waals surface area contributed by atoms with Gasteiger partial charge in [-0.15, -0.1) is 0 Å². The molecule has 0 saturated heterocycles. The van der Waals surface area contributed by atoms with Crippen LogP contribution in [0.3, 0.4) is 0 Å². The maximum Gasteiger partial charge on any atom is 0.261 e. The van der Waals surface area contributed by atoms with E-state index in [1.54, 1.807) is 18.2 Å². The molecule has 0 amide bonds. The standard InChI is InChI=1S/C15H9Cl2FN2O/c16-12-4-1-9(5-13(12)17)7-20-8-19-14-6-10(18)2-3-11(14)15(20)21/h1-6,8H,7H2. The summed E-state index contributed by atoms with van der Waals surface area (Å²) >= 11 is 11.8. The van der Waals surface area contributed by atoms with E-state index in [0.29, 0.717) is 27.5 Å². The highest BCUT2D eigenvalue weighted by atomic mass is 35.5. The molecule has 21 heavy (non-hydrogen) atoms. The number of hydrogen-bond donors (Lipinski definition) is 0. The Labute approximate surface area is 129 Å². The van der Waals surface area contributed by atoms with E-state index in [1.807, 2.05) is 0 Å². The zero-order valence-corrected chi connectivity index (χ0v) is 12.2. The lowest BCUT2D eigenvalue weighted by Crippen LogP contribution is -2.21. The van der Waals surface area contributed by atoms with Crippen molar-refractivity contribution in [3.63, 3.8) is 0 Å². The number of rotatable bonds is 2. The second kappa shape index (κ2) is 5.47. The predicted octanol–water partition coefficient (Wildman–Crippen LogP) is 3.89. The molecule has 3 rings (SSSR count). The molecule has 0 unspecified atom stereocenters. The third-order valence-electron chi connectivity index (χ3n) is 3.12. The highest BCUT2D eigenvalue weighted by molar-refractivity contribution is 6.42. The molecule has 0 aliphatic carbocycles. The fourth-order valence-corrected chi connectivity index (χ4v) is 2.40. The van der Waals surface area contributed by atoms with Crippen molar-refractivity contribution >= 4 is 34.1 Å². The van der Waals surface area contributed by atoms with Gasteiger partial charge in [-0.05, 0) is 29.8 Å². The van der Waals surface area contributed by atoms with E-state index in [4.69, 9.17) is 23.2 Å². The minimum Gasteiger partial charge on any atom is -0.294 e. The number of nitrogens with zero attached hydrogens (tertiary/aromatic N) is 2. The summed E-state index contributed by atoms with van der Waals surface area (Å²) in [5, 5.41) is 1.26. The van der Waals surface area contributed by atoms with Gasteiger partial charge in [0.05, 0.1) is 33.8 Å². The predicted molar refractivity (Wildman–Crippen MR) is 81.5 cm³/mol. The molecular formula is C15H9Cl2FN2O. The molecule has 0 saturated carbocycles. The molecule has 6 heteroatoms.